The molecule has 0 unspecified atom stereocenters. The molecule has 0 fully saturated rings. The molecule has 5 rings (SSSR count). The van der Waals surface area contributed by atoms with Crippen LogP contribution in [0, 0.1) is 0 Å². The molecule has 1 heterocycles. The van der Waals surface area contributed by atoms with Crippen LogP contribution in [0.3, 0.4) is 0 Å². The van der Waals surface area contributed by atoms with E-state index in [1.165, 1.54) is 19.2 Å². The highest BCUT2D eigenvalue weighted by molar-refractivity contribution is 14.1. The summed E-state index contributed by atoms with van der Waals surface area (Å²) < 4.78 is 11.4. The molecular formula is C26H17IO6. The molecule has 2 aromatic carbocycles. The van der Waals surface area contributed by atoms with Gasteiger partial charge in [-0.25, -0.2) is 0 Å². The SMILES string of the molecule is COC1=C(C2=C(I)C(=O)c3ccccc3C2=O)C(=O)c2ccc3c(c2C1=O)C=CC(C)(C)O3. The zero-order valence-corrected chi connectivity index (χ0v) is 20.1. The predicted octanol–water partition coefficient (Wildman–Crippen LogP) is 4.92. The maximum atomic E-state index is 13.7. The number of carbonyl (C=O) groups is 4. The summed E-state index contributed by atoms with van der Waals surface area (Å²) in [5.41, 5.74) is 0.392. The highest BCUT2D eigenvalue weighted by Gasteiger charge is 2.43. The molecule has 2 aliphatic carbocycles. The first-order chi connectivity index (χ1) is 15.7. The van der Waals surface area contributed by atoms with Crippen molar-refractivity contribution < 1.29 is 28.7 Å². The van der Waals surface area contributed by atoms with Gasteiger partial charge in [-0.3, -0.25) is 19.2 Å². The Labute approximate surface area is 203 Å². The van der Waals surface area contributed by atoms with Gasteiger partial charge in [0.1, 0.15) is 11.4 Å². The minimum atomic E-state index is -0.558. The van der Waals surface area contributed by atoms with Crippen LogP contribution in [0.25, 0.3) is 6.08 Å². The Morgan fingerprint density at radius 1 is 0.818 bits per heavy atom. The number of carbonyl (C=O) groups excluding carboxylic acids is 4. The van der Waals surface area contributed by atoms with Crippen LogP contribution in [0.4, 0.5) is 0 Å². The van der Waals surface area contributed by atoms with Gasteiger partial charge in [0.15, 0.2) is 17.3 Å². The van der Waals surface area contributed by atoms with E-state index in [1.54, 1.807) is 52.9 Å². The molecule has 0 radical (unpaired) electrons. The van der Waals surface area contributed by atoms with Crippen LogP contribution in [0.15, 0.2) is 63.0 Å². The minimum Gasteiger partial charge on any atom is -0.492 e. The van der Waals surface area contributed by atoms with Gasteiger partial charge in [-0.05, 0) is 54.6 Å². The van der Waals surface area contributed by atoms with Crippen molar-refractivity contribution in [2.24, 2.45) is 0 Å². The lowest BCUT2D eigenvalue weighted by Crippen LogP contribution is -2.32. The monoisotopic (exact) mass is 552 g/mol. The highest BCUT2D eigenvalue weighted by atomic mass is 127. The van der Waals surface area contributed by atoms with E-state index in [4.69, 9.17) is 9.47 Å². The van der Waals surface area contributed by atoms with Gasteiger partial charge >= 0.3 is 0 Å². The molecule has 6 nitrogen and oxygen atoms in total. The standard InChI is InChI=1S/C26H17IO6/c1-26(2)11-10-14-16(33-26)9-8-15-17(14)24(31)25(32-3)19(22(15)29)18-20(27)23(30)13-7-5-4-6-12(13)21(18)28/h4-11H,1-3H3. The molecule has 33 heavy (non-hydrogen) atoms. The number of allylic oxidation sites excluding steroid dienone is 4. The van der Waals surface area contributed by atoms with Crippen molar-refractivity contribution in [3.05, 3.63) is 90.8 Å². The molecule has 0 atom stereocenters. The summed E-state index contributed by atoms with van der Waals surface area (Å²) in [6.07, 6.45) is 3.57. The number of hydrogen-bond acceptors (Lipinski definition) is 6. The second kappa shape index (κ2) is 7.34. The lowest BCUT2D eigenvalue weighted by molar-refractivity contribution is 0.0899. The number of halogens is 1. The third-order valence-electron chi connectivity index (χ3n) is 5.88. The Kier molecular flexibility index (Phi) is 4.79. The van der Waals surface area contributed by atoms with Crippen molar-refractivity contribution in [1.29, 1.82) is 0 Å². The molecule has 0 saturated carbocycles. The third kappa shape index (κ3) is 3.06. The number of methoxy groups -OCH3 is 1. The molecule has 0 N–H and O–H groups in total. The summed E-state index contributed by atoms with van der Waals surface area (Å²) in [6.45, 7) is 3.77. The van der Waals surface area contributed by atoms with Gasteiger partial charge in [-0.15, -0.1) is 0 Å². The van der Waals surface area contributed by atoms with E-state index in [1.807, 2.05) is 19.9 Å². The Bertz CT molecular complexity index is 1420. The van der Waals surface area contributed by atoms with Gasteiger partial charge < -0.3 is 9.47 Å². The van der Waals surface area contributed by atoms with Crippen molar-refractivity contribution in [3.63, 3.8) is 0 Å². The van der Waals surface area contributed by atoms with Gasteiger partial charge in [0.25, 0.3) is 0 Å². The van der Waals surface area contributed by atoms with Crippen LogP contribution in [-0.2, 0) is 4.74 Å². The first-order valence-corrected chi connectivity index (χ1v) is 11.3. The number of ether oxygens (including phenoxy) is 2. The summed E-state index contributed by atoms with van der Waals surface area (Å²) in [6, 6.07) is 9.59. The Balaban J connectivity index is 1.74. The van der Waals surface area contributed by atoms with Crippen LogP contribution < -0.4 is 4.74 Å². The van der Waals surface area contributed by atoms with Gasteiger partial charge in [-0.1, -0.05) is 30.3 Å². The number of hydrogen-bond donors (Lipinski definition) is 0. The van der Waals surface area contributed by atoms with E-state index < -0.39 is 23.0 Å². The normalized spacial score (nSPS) is 18.7. The van der Waals surface area contributed by atoms with E-state index in [9.17, 15) is 19.2 Å². The van der Waals surface area contributed by atoms with E-state index in [0.717, 1.165) is 0 Å². The largest absolute Gasteiger partial charge is 0.492 e. The molecule has 0 amide bonds. The summed E-state index contributed by atoms with van der Waals surface area (Å²) in [5, 5.41) is 0. The van der Waals surface area contributed by atoms with E-state index in [0.29, 0.717) is 11.3 Å². The molecular weight excluding hydrogens is 535 g/mol. The lowest BCUT2D eigenvalue weighted by atomic mass is 9.77. The number of ketones is 4. The minimum absolute atomic E-state index is 0.0772. The Morgan fingerprint density at radius 2 is 1.45 bits per heavy atom. The summed E-state index contributed by atoms with van der Waals surface area (Å²) in [4.78, 5) is 53.7. The van der Waals surface area contributed by atoms with Gasteiger partial charge in [0.2, 0.25) is 11.6 Å². The molecule has 0 spiro atoms. The fraction of sp³-hybridized carbons (Fsp3) is 0.154. The van der Waals surface area contributed by atoms with Crippen molar-refractivity contribution in [3.8, 4) is 5.75 Å². The number of Topliss-reactive ketones (excluding diaryl/α,β-unsaturated/α-hetero) is 4. The topological polar surface area (TPSA) is 86.7 Å². The molecule has 7 heteroatoms. The Hall–Kier alpha value is -3.33. The number of benzene rings is 2. The number of rotatable bonds is 2. The smallest absolute Gasteiger partial charge is 0.229 e. The summed E-state index contributed by atoms with van der Waals surface area (Å²) >= 11 is 1.77. The predicted molar refractivity (Wildman–Crippen MR) is 129 cm³/mol. The van der Waals surface area contributed by atoms with Crippen LogP contribution in [0.2, 0.25) is 0 Å². The maximum absolute atomic E-state index is 13.7. The summed E-state index contributed by atoms with van der Waals surface area (Å²) in [5.74, 6) is -1.74. The molecule has 2 aromatic rings. The molecule has 0 aromatic heterocycles. The molecule has 164 valence electrons. The van der Waals surface area contributed by atoms with Crippen molar-refractivity contribution in [2.75, 3.05) is 7.11 Å². The molecule has 3 aliphatic rings. The maximum Gasteiger partial charge on any atom is 0.229 e. The van der Waals surface area contributed by atoms with E-state index in [2.05, 4.69) is 0 Å². The van der Waals surface area contributed by atoms with E-state index in [-0.39, 0.29) is 48.5 Å². The zero-order valence-electron chi connectivity index (χ0n) is 17.9. The van der Waals surface area contributed by atoms with Crippen LogP contribution >= 0.6 is 22.6 Å². The lowest BCUT2D eigenvalue weighted by Gasteiger charge is -2.31. The fourth-order valence-electron chi connectivity index (χ4n) is 4.35. The van der Waals surface area contributed by atoms with Gasteiger partial charge in [-0.2, -0.15) is 0 Å². The van der Waals surface area contributed by atoms with Crippen molar-refractivity contribution in [2.45, 2.75) is 19.4 Å². The quantitative estimate of drug-likeness (QED) is 0.492. The second-order valence-electron chi connectivity index (χ2n) is 8.40. The van der Waals surface area contributed by atoms with Crippen molar-refractivity contribution >= 4 is 51.8 Å². The van der Waals surface area contributed by atoms with Crippen molar-refractivity contribution in [1.82, 2.24) is 0 Å². The van der Waals surface area contributed by atoms with E-state index >= 15 is 0 Å². The second-order valence-corrected chi connectivity index (χ2v) is 9.48. The van der Waals surface area contributed by atoms with Crippen LogP contribution in [-0.4, -0.2) is 35.8 Å². The first-order valence-electron chi connectivity index (χ1n) is 10.2. The average molecular weight is 552 g/mol. The average Bonchev–Trinajstić information content (AvgIpc) is 2.79. The molecule has 1 aliphatic heterocycles. The highest BCUT2D eigenvalue weighted by Crippen LogP contribution is 2.43. The molecule has 0 bridgehead atoms. The first kappa shape index (κ1) is 21.5. The van der Waals surface area contributed by atoms with Gasteiger partial charge in [0.05, 0.1) is 21.8 Å². The number of fused-ring (bicyclic) bond motifs is 4. The summed E-state index contributed by atoms with van der Waals surface area (Å²) in [7, 11) is 1.27. The zero-order chi connectivity index (χ0) is 23.7. The molecule has 0 saturated heterocycles. The Morgan fingerprint density at radius 3 is 2.12 bits per heavy atom. The van der Waals surface area contributed by atoms with Crippen LogP contribution in [0.1, 0.15) is 60.8 Å². The van der Waals surface area contributed by atoms with Crippen LogP contribution in [0.5, 0.6) is 5.75 Å². The van der Waals surface area contributed by atoms with Gasteiger partial charge in [0, 0.05) is 27.8 Å². The third-order valence-corrected chi connectivity index (χ3v) is 6.91. The fourth-order valence-corrected chi connectivity index (χ4v) is 5.15.